The molecule has 12 nitrogen and oxygen atoms in total. The quantitative estimate of drug-likeness (QED) is 0.0984. The molecule has 0 aliphatic heterocycles. The van der Waals surface area contributed by atoms with Gasteiger partial charge in [-0.3, -0.25) is 0 Å². The van der Waals surface area contributed by atoms with Crippen LogP contribution >= 0.6 is 0 Å². The molecule has 678 valence electrons. The fourth-order valence-electron chi connectivity index (χ4n) is 20.8. The minimum atomic E-state index is 0.640. The second-order valence-corrected chi connectivity index (χ2v) is 36.2. The van der Waals surface area contributed by atoms with E-state index in [-0.39, 0.29) is 0 Å². The molecule has 0 spiro atoms. The lowest BCUT2D eigenvalue weighted by Gasteiger charge is -2.15. The van der Waals surface area contributed by atoms with Gasteiger partial charge in [0.25, 0.3) is 0 Å². The summed E-state index contributed by atoms with van der Waals surface area (Å²) in [6.45, 7) is 0. The van der Waals surface area contributed by atoms with Crippen molar-refractivity contribution >= 4 is 109 Å². The van der Waals surface area contributed by atoms with Gasteiger partial charge in [0, 0.05) is 98.5 Å². The van der Waals surface area contributed by atoms with Gasteiger partial charge in [-0.25, -0.2) is 44.9 Å². The molecular weight excluding hydrogens is 1770 g/mol. The lowest BCUT2D eigenvalue weighted by molar-refractivity contribution is 1.08. The lowest BCUT2D eigenvalue weighted by atomic mass is 9.98. The standard InChI is InChI=1S/C49H32N4.C43H28N4.C41H26N4/c1-4-15-33(16-5-1)36-21-14-22-37(31-36)38-27-29-46-43(32-38)41-25-12-13-26-44(41)53(46)45-30-28-42(39-23-10-11-24-40(39)45)49-51-47(34-17-6-2-7-18-34)50-48(52-49)35-19-8-3-9-20-35;1-3-15-29(16-4-1)31-19-7-10-24-36(31)42-44-41(30-17-5-2-6-18-30)45-43(46-42)37-27-28-40(33-21-9-8-20-32(33)37)47-38-25-13-11-22-34(38)35-23-12-14-26-39(35)47;1-2-13-28(14-3-1)39-42-40(30-25-24-27-12-4-5-15-29(27)26-30)44-41(43-39)35-20-10-19-32-31(35)18-11-23-38(32)45-36-21-8-6-16-33(36)34-17-7-9-22-37(34)45/h1-32H;1-28H;1-26H. The molecule has 0 aliphatic carbocycles. The van der Waals surface area contributed by atoms with Crippen LogP contribution in [-0.2, 0) is 0 Å². The van der Waals surface area contributed by atoms with Crippen LogP contribution < -0.4 is 0 Å². The summed E-state index contributed by atoms with van der Waals surface area (Å²) in [7, 11) is 0. The fraction of sp³-hybridized carbons (Fsp3) is 0. The van der Waals surface area contributed by atoms with Crippen molar-refractivity contribution in [3.05, 3.63) is 522 Å². The molecular formula is C133H86N12. The Morgan fingerprint density at radius 1 is 0.110 bits per heavy atom. The molecule has 0 saturated heterocycles. The van der Waals surface area contributed by atoms with Gasteiger partial charge in [-0.2, -0.15) is 0 Å². The fourth-order valence-corrected chi connectivity index (χ4v) is 20.8. The van der Waals surface area contributed by atoms with Gasteiger partial charge in [0.1, 0.15) is 0 Å². The molecule has 28 rings (SSSR count). The Labute approximate surface area is 835 Å². The third kappa shape index (κ3) is 16.0. The second kappa shape index (κ2) is 37.2. The predicted molar refractivity (Wildman–Crippen MR) is 598 cm³/mol. The zero-order valence-corrected chi connectivity index (χ0v) is 78.5. The first kappa shape index (κ1) is 85.7. The van der Waals surface area contributed by atoms with Crippen LogP contribution in [0.1, 0.15) is 0 Å². The summed E-state index contributed by atoms with van der Waals surface area (Å²) in [5, 5.41) is 16.4. The summed E-state index contributed by atoms with van der Waals surface area (Å²) in [6, 6.07) is 182. The van der Waals surface area contributed by atoms with E-state index in [1.165, 1.54) is 82.0 Å². The average molecular weight is 1850 g/mol. The highest BCUT2D eigenvalue weighted by atomic mass is 15.1. The van der Waals surface area contributed by atoms with Crippen molar-refractivity contribution in [1.29, 1.82) is 0 Å². The first-order valence-corrected chi connectivity index (χ1v) is 48.8. The summed E-state index contributed by atoms with van der Waals surface area (Å²) in [6.07, 6.45) is 0. The van der Waals surface area contributed by atoms with Gasteiger partial charge in [-0.15, -0.1) is 0 Å². The number of hydrogen-bond donors (Lipinski definition) is 0. The van der Waals surface area contributed by atoms with Crippen molar-refractivity contribution in [2.24, 2.45) is 0 Å². The lowest BCUT2D eigenvalue weighted by Crippen LogP contribution is -2.02. The van der Waals surface area contributed by atoms with Crippen LogP contribution in [0.4, 0.5) is 0 Å². The molecule has 6 heterocycles. The Kier molecular flexibility index (Phi) is 22.0. The van der Waals surface area contributed by atoms with Gasteiger partial charge in [-0.1, -0.05) is 437 Å². The maximum Gasteiger partial charge on any atom is 0.164 e. The maximum absolute atomic E-state index is 5.20. The number of benzene rings is 22. The summed E-state index contributed by atoms with van der Waals surface area (Å²) in [4.78, 5) is 45.6. The molecule has 0 aliphatic rings. The maximum atomic E-state index is 5.20. The van der Waals surface area contributed by atoms with Crippen LogP contribution in [0.3, 0.4) is 0 Å². The third-order valence-corrected chi connectivity index (χ3v) is 27.6. The van der Waals surface area contributed by atoms with Crippen molar-refractivity contribution in [2.45, 2.75) is 0 Å². The molecule has 0 radical (unpaired) electrons. The molecule has 12 heteroatoms. The largest absolute Gasteiger partial charge is 0.309 e. The molecule has 0 bridgehead atoms. The van der Waals surface area contributed by atoms with E-state index in [1.807, 2.05) is 121 Å². The molecule has 0 saturated carbocycles. The van der Waals surface area contributed by atoms with Crippen LogP contribution in [0.5, 0.6) is 0 Å². The van der Waals surface area contributed by atoms with E-state index < -0.39 is 0 Å². The minimum Gasteiger partial charge on any atom is -0.309 e. The monoisotopic (exact) mass is 1850 g/mol. The molecule has 0 atom stereocenters. The van der Waals surface area contributed by atoms with Gasteiger partial charge >= 0.3 is 0 Å². The van der Waals surface area contributed by atoms with E-state index in [0.717, 1.165) is 127 Å². The Morgan fingerprint density at radius 3 is 0.807 bits per heavy atom. The zero-order valence-electron chi connectivity index (χ0n) is 78.5. The topological polar surface area (TPSA) is 131 Å². The normalized spacial score (nSPS) is 11.4. The van der Waals surface area contributed by atoms with E-state index in [4.69, 9.17) is 44.9 Å². The number of para-hydroxylation sites is 5. The van der Waals surface area contributed by atoms with Gasteiger partial charge in [0.2, 0.25) is 0 Å². The molecule has 0 N–H and O–H groups in total. The van der Waals surface area contributed by atoms with Crippen molar-refractivity contribution in [3.63, 3.8) is 0 Å². The van der Waals surface area contributed by atoms with Crippen molar-refractivity contribution in [1.82, 2.24) is 58.6 Å². The number of aromatic nitrogens is 12. The molecule has 28 aromatic rings. The van der Waals surface area contributed by atoms with E-state index >= 15 is 0 Å². The van der Waals surface area contributed by atoms with Crippen LogP contribution in [0.25, 0.3) is 261 Å². The van der Waals surface area contributed by atoms with Crippen molar-refractivity contribution in [3.8, 4) is 153 Å². The van der Waals surface area contributed by atoms with Crippen LogP contribution in [0, 0.1) is 0 Å². The van der Waals surface area contributed by atoms with Crippen molar-refractivity contribution < 1.29 is 0 Å². The van der Waals surface area contributed by atoms with Gasteiger partial charge < -0.3 is 13.7 Å². The third-order valence-electron chi connectivity index (χ3n) is 27.6. The molecule has 145 heavy (non-hydrogen) atoms. The number of rotatable bonds is 15. The molecule has 0 fully saturated rings. The summed E-state index contributed by atoms with van der Waals surface area (Å²) in [5.74, 6) is 5.82. The van der Waals surface area contributed by atoms with E-state index in [9.17, 15) is 0 Å². The van der Waals surface area contributed by atoms with Gasteiger partial charge in [0.15, 0.2) is 52.4 Å². The van der Waals surface area contributed by atoms with Gasteiger partial charge in [-0.05, 0) is 145 Å². The number of nitrogens with zero attached hydrogens (tertiary/aromatic N) is 12. The summed E-state index contributed by atoms with van der Waals surface area (Å²) < 4.78 is 7.15. The highest BCUT2D eigenvalue weighted by Gasteiger charge is 2.26. The molecule has 0 unspecified atom stereocenters. The highest BCUT2D eigenvalue weighted by Crippen LogP contribution is 2.45. The van der Waals surface area contributed by atoms with Crippen LogP contribution in [-0.4, -0.2) is 58.6 Å². The molecule has 22 aromatic carbocycles. The molecule has 6 aromatic heterocycles. The average Bonchev–Trinajstić information content (AvgIpc) is 1.60. The van der Waals surface area contributed by atoms with E-state index in [1.54, 1.807) is 0 Å². The number of fused-ring (bicyclic) bond motifs is 13. The second-order valence-electron chi connectivity index (χ2n) is 36.2. The molecule has 0 amide bonds. The smallest absolute Gasteiger partial charge is 0.164 e. The first-order chi connectivity index (χ1) is 71.9. The first-order valence-electron chi connectivity index (χ1n) is 48.8. The highest BCUT2D eigenvalue weighted by molar-refractivity contribution is 6.16. The van der Waals surface area contributed by atoms with Crippen LogP contribution in [0.2, 0.25) is 0 Å². The van der Waals surface area contributed by atoms with Crippen molar-refractivity contribution in [2.75, 3.05) is 0 Å². The van der Waals surface area contributed by atoms with E-state index in [2.05, 4.69) is 414 Å². The Hall–Kier alpha value is -19.7. The van der Waals surface area contributed by atoms with Gasteiger partial charge in [0.05, 0.1) is 50.2 Å². The number of hydrogen-bond acceptors (Lipinski definition) is 9. The SMILES string of the molecule is c1ccc(-c2cccc(-c3ccc4c(c3)c3ccccc3n4-c3ccc(-c4nc(-c5ccccc5)nc(-c5ccccc5)n4)c4ccccc34)c2)cc1.c1ccc(-c2nc(-c3ccc4ccccc4c3)nc(-c3cccc4c(-n5c6ccccc6c6ccccc65)cccc34)n2)cc1.c1ccc(-c2nc(-c3ccccc3-c3ccccc3)nc(-c3ccc(-n4c5ccccc5c5ccccc54)c4ccccc34)n2)cc1. The van der Waals surface area contributed by atoms with Crippen LogP contribution in [0.15, 0.2) is 522 Å². The zero-order chi connectivity index (χ0) is 96.0. The predicted octanol–water partition coefficient (Wildman–Crippen LogP) is 33.5. The summed E-state index contributed by atoms with van der Waals surface area (Å²) in [5.41, 5.74) is 26.0. The van der Waals surface area contributed by atoms with E-state index in [0.29, 0.717) is 52.4 Å². The Bertz CT molecular complexity index is 9670. The summed E-state index contributed by atoms with van der Waals surface area (Å²) >= 11 is 0. The minimum absolute atomic E-state index is 0.640. The Balaban J connectivity index is 0.000000111. The Morgan fingerprint density at radius 2 is 0.366 bits per heavy atom.